The van der Waals surface area contributed by atoms with Crippen molar-refractivity contribution in [1.82, 2.24) is 0 Å². The zero-order valence-electron chi connectivity index (χ0n) is 17.1. The first kappa shape index (κ1) is 21.9. The predicted molar refractivity (Wildman–Crippen MR) is 127 cm³/mol. The van der Waals surface area contributed by atoms with Gasteiger partial charge in [0.15, 0.2) is 15.8 Å². The van der Waals surface area contributed by atoms with Gasteiger partial charge in [-0.2, -0.15) is 0 Å². The lowest BCUT2D eigenvalue weighted by Gasteiger charge is -2.15. The SMILES string of the molecule is C=CCc1cc(/C=C2\SC(=S)N(c3ccc(OC)cc3)C2=O)cc(OCC)c1OC. The zero-order valence-corrected chi connectivity index (χ0v) is 18.8. The quantitative estimate of drug-likeness (QED) is 0.317. The molecule has 7 heteroatoms. The lowest BCUT2D eigenvalue weighted by Crippen LogP contribution is -2.27. The summed E-state index contributed by atoms with van der Waals surface area (Å²) in [6, 6.07) is 11.1. The summed E-state index contributed by atoms with van der Waals surface area (Å²) in [7, 11) is 3.22. The molecule has 30 heavy (non-hydrogen) atoms. The summed E-state index contributed by atoms with van der Waals surface area (Å²) in [6.07, 6.45) is 4.26. The number of thioether (sulfide) groups is 1. The fourth-order valence-electron chi connectivity index (χ4n) is 3.14. The Balaban J connectivity index is 1.97. The molecule has 1 saturated heterocycles. The van der Waals surface area contributed by atoms with Crippen LogP contribution in [0.4, 0.5) is 5.69 Å². The van der Waals surface area contributed by atoms with E-state index in [0.717, 1.165) is 16.9 Å². The Bertz CT molecular complexity index is 999. The molecule has 1 amide bonds. The van der Waals surface area contributed by atoms with Crippen molar-refractivity contribution < 1.29 is 19.0 Å². The first-order valence-corrected chi connectivity index (χ1v) is 10.6. The number of hydrogen-bond donors (Lipinski definition) is 0. The van der Waals surface area contributed by atoms with E-state index in [4.69, 9.17) is 26.4 Å². The van der Waals surface area contributed by atoms with Gasteiger partial charge in [-0.1, -0.05) is 30.1 Å². The highest BCUT2D eigenvalue weighted by molar-refractivity contribution is 8.27. The van der Waals surface area contributed by atoms with Crippen molar-refractivity contribution >= 4 is 46.0 Å². The van der Waals surface area contributed by atoms with E-state index in [2.05, 4.69) is 6.58 Å². The van der Waals surface area contributed by atoms with Crippen LogP contribution >= 0.6 is 24.0 Å². The summed E-state index contributed by atoms with van der Waals surface area (Å²) in [5.74, 6) is 1.88. The minimum absolute atomic E-state index is 0.158. The van der Waals surface area contributed by atoms with E-state index in [9.17, 15) is 4.79 Å². The van der Waals surface area contributed by atoms with E-state index in [-0.39, 0.29) is 5.91 Å². The number of rotatable bonds is 8. The molecule has 2 aromatic carbocycles. The van der Waals surface area contributed by atoms with E-state index in [1.807, 2.05) is 37.3 Å². The molecule has 0 N–H and O–H groups in total. The number of carbonyl (C=O) groups excluding carboxylic acids is 1. The number of allylic oxidation sites excluding steroid dienone is 1. The molecule has 1 aliphatic rings. The van der Waals surface area contributed by atoms with Crippen LogP contribution in [0.15, 0.2) is 54.0 Å². The van der Waals surface area contributed by atoms with Crippen LogP contribution in [-0.2, 0) is 11.2 Å². The molecule has 0 unspecified atom stereocenters. The summed E-state index contributed by atoms with van der Waals surface area (Å²) in [4.78, 5) is 15.1. The van der Waals surface area contributed by atoms with Gasteiger partial charge in [-0.3, -0.25) is 9.69 Å². The van der Waals surface area contributed by atoms with Crippen LogP contribution in [-0.4, -0.2) is 31.1 Å². The van der Waals surface area contributed by atoms with Gasteiger partial charge in [0.2, 0.25) is 0 Å². The molecule has 1 heterocycles. The van der Waals surface area contributed by atoms with Gasteiger partial charge in [-0.15, -0.1) is 6.58 Å². The van der Waals surface area contributed by atoms with E-state index >= 15 is 0 Å². The highest BCUT2D eigenvalue weighted by Crippen LogP contribution is 2.39. The van der Waals surface area contributed by atoms with Gasteiger partial charge >= 0.3 is 0 Å². The van der Waals surface area contributed by atoms with Crippen molar-refractivity contribution in [2.75, 3.05) is 25.7 Å². The van der Waals surface area contributed by atoms with Crippen molar-refractivity contribution in [3.63, 3.8) is 0 Å². The second-order valence-corrected chi connectivity index (χ2v) is 8.03. The number of benzene rings is 2. The number of ether oxygens (including phenoxy) is 3. The molecule has 2 aromatic rings. The Morgan fingerprint density at radius 2 is 1.90 bits per heavy atom. The molecule has 0 atom stereocenters. The number of hydrogen-bond acceptors (Lipinski definition) is 6. The van der Waals surface area contributed by atoms with Gasteiger partial charge < -0.3 is 14.2 Å². The van der Waals surface area contributed by atoms with Gasteiger partial charge in [-0.05, 0) is 61.4 Å². The molecule has 5 nitrogen and oxygen atoms in total. The van der Waals surface area contributed by atoms with Crippen LogP contribution in [0.2, 0.25) is 0 Å². The van der Waals surface area contributed by atoms with E-state index in [0.29, 0.717) is 39.4 Å². The molecule has 0 bridgehead atoms. The van der Waals surface area contributed by atoms with Crippen LogP contribution in [0.1, 0.15) is 18.1 Å². The largest absolute Gasteiger partial charge is 0.497 e. The molecule has 1 fully saturated rings. The van der Waals surface area contributed by atoms with Crippen LogP contribution in [0.25, 0.3) is 6.08 Å². The molecule has 0 spiro atoms. The van der Waals surface area contributed by atoms with E-state index in [1.165, 1.54) is 16.7 Å². The first-order valence-electron chi connectivity index (χ1n) is 9.39. The fraction of sp³-hybridized carbons (Fsp3) is 0.217. The molecule has 1 aliphatic heterocycles. The molecule has 0 aliphatic carbocycles. The van der Waals surface area contributed by atoms with E-state index < -0.39 is 0 Å². The summed E-state index contributed by atoms with van der Waals surface area (Å²) >= 11 is 6.74. The molecular weight excluding hydrogens is 418 g/mol. The smallest absolute Gasteiger partial charge is 0.270 e. The third kappa shape index (κ3) is 4.52. The van der Waals surface area contributed by atoms with Gasteiger partial charge in [0.05, 0.1) is 31.4 Å². The van der Waals surface area contributed by atoms with Gasteiger partial charge in [0.25, 0.3) is 5.91 Å². The Labute approximate surface area is 186 Å². The van der Waals surface area contributed by atoms with Crippen molar-refractivity contribution in [3.8, 4) is 17.2 Å². The summed E-state index contributed by atoms with van der Waals surface area (Å²) in [5, 5.41) is 0. The Kier molecular flexibility index (Phi) is 7.18. The lowest BCUT2D eigenvalue weighted by molar-refractivity contribution is -0.113. The third-order valence-electron chi connectivity index (χ3n) is 4.44. The molecule has 0 aromatic heterocycles. The Morgan fingerprint density at radius 1 is 1.17 bits per heavy atom. The number of carbonyl (C=O) groups is 1. The number of methoxy groups -OCH3 is 2. The molecule has 0 radical (unpaired) electrons. The highest BCUT2D eigenvalue weighted by atomic mass is 32.2. The predicted octanol–water partition coefficient (Wildman–Crippen LogP) is 5.24. The Morgan fingerprint density at radius 3 is 2.50 bits per heavy atom. The lowest BCUT2D eigenvalue weighted by atomic mass is 10.0. The maximum absolute atomic E-state index is 13.1. The monoisotopic (exact) mass is 441 g/mol. The van der Waals surface area contributed by atoms with Gasteiger partial charge in [0, 0.05) is 5.56 Å². The summed E-state index contributed by atoms with van der Waals surface area (Å²) in [6.45, 7) is 6.24. The molecule has 156 valence electrons. The number of nitrogens with zero attached hydrogens (tertiary/aromatic N) is 1. The van der Waals surface area contributed by atoms with Crippen molar-refractivity contribution in [1.29, 1.82) is 0 Å². The Hall–Kier alpha value is -2.77. The second-order valence-electron chi connectivity index (χ2n) is 6.35. The summed E-state index contributed by atoms with van der Waals surface area (Å²) < 4.78 is 17.0. The minimum Gasteiger partial charge on any atom is -0.497 e. The first-order chi connectivity index (χ1) is 14.5. The second kappa shape index (κ2) is 9.82. The maximum atomic E-state index is 13.1. The number of anilines is 1. The van der Waals surface area contributed by atoms with Crippen LogP contribution in [0.3, 0.4) is 0 Å². The zero-order chi connectivity index (χ0) is 21.7. The van der Waals surface area contributed by atoms with Crippen LogP contribution in [0.5, 0.6) is 17.2 Å². The molecule has 0 saturated carbocycles. The highest BCUT2D eigenvalue weighted by Gasteiger charge is 2.33. The van der Waals surface area contributed by atoms with Crippen molar-refractivity contribution in [2.24, 2.45) is 0 Å². The van der Waals surface area contributed by atoms with Gasteiger partial charge in [-0.25, -0.2) is 0 Å². The van der Waals surface area contributed by atoms with E-state index in [1.54, 1.807) is 32.4 Å². The maximum Gasteiger partial charge on any atom is 0.270 e. The molecule has 3 rings (SSSR count). The van der Waals surface area contributed by atoms with Crippen LogP contribution in [0, 0.1) is 0 Å². The normalized spacial score (nSPS) is 14.9. The molecular formula is C23H23NO4S2. The van der Waals surface area contributed by atoms with Crippen molar-refractivity contribution in [3.05, 3.63) is 65.1 Å². The summed E-state index contributed by atoms with van der Waals surface area (Å²) in [5.41, 5.74) is 2.49. The average Bonchev–Trinajstić information content (AvgIpc) is 3.01. The standard InChI is InChI=1S/C23H23NO4S2/c1-5-7-16-12-15(13-19(28-6-2)21(16)27-4)14-20-22(25)24(23(29)30-20)17-8-10-18(26-3)11-9-17/h5,8-14H,1,6-7H2,2-4H3/b20-14-. The topological polar surface area (TPSA) is 48.0 Å². The van der Waals surface area contributed by atoms with Crippen LogP contribution < -0.4 is 19.1 Å². The fourth-order valence-corrected chi connectivity index (χ4v) is 4.44. The third-order valence-corrected chi connectivity index (χ3v) is 5.75. The van der Waals surface area contributed by atoms with Gasteiger partial charge in [0.1, 0.15) is 5.75 Å². The number of amides is 1. The number of thiocarbonyl (C=S) groups is 1. The minimum atomic E-state index is -0.158. The van der Waals surface area contributed by atoms with Crippen molar-refractivity contribution in [2.45, 2.75) is 13.3 Å². The average molecular weight is 442 g/mol.